The van der Waals surface area contributed by atoms with Gasteiger partial charge in [-0.15, -0.1) is 17.0 Å². The van der Waals surface area contributed by atoms with Crippen LogP contribution in [-0.4, -0.2) is 24.2 Å². The quantitative estimate of drug-likeness (QED) is 0.690. The molecule has 0 saturated carbocycles. The van der Waals surface area contributed by atoms with Gasteiger partial charge in [0.05, 0.1) is 0 Å². The smallest absolute Gasteiger partial charge is 0.332 e. The van der Waals surface area contributed by atoms with Gasteiger partial charge < -0.3 is 10.4 Å². The molecule has 0 aliphatic carbocycles. The lowest BCUT2D eigenvalue weighted by Crippen LogP contribution is -2.30. The van der Waals surface area contributed by atoms with Gasteiger partial charge in [-0.3, -0.25) is 0 Å². The van der Waals surface area contributed by atoms with E-state index in [9.17, 15) is 4.79 Å². The molecule has 3 nitrogen and oxygen atoms in total. The summed E-state index contributed by atoms with van der Waals surface area (Å²) in [5.41, 5.74) is 0.485. The Morgan fingerprint density at radius 3 is 2.82 bits per heavy atom. The molecule has 0 radical (unpaired) electrons. The molecule has 0 spiro atoms. The molecule has 2 N–H and O–H groups in total. The van der Waals surface area contributed by atoms with Crippen LogP contribution in [0.5, 0.6) is 0 Å². The van der Waals surface area contributed by atoms with Crippen molar-refractivity contribution in [2.24, 2.45) is 5.92 Å². The summed E-state index contributed by atoms with van der Waals surface area (Å²) in [6.07, 6.45) is 1.80. The monoisotopic (exact) mass is 221 g/mol. The van der Waals surface area contributed by atoms with Gasteiger partial charge in [-0.1, -0.05) is 13.0 Å². The van der Waals surface area contributed by atoms with Crippen molar-refractivity contribution in [1.29, 1.82) is 0 Å². The van der Waals surface area contributed by atoms with Gasteiger partial charge in [0.2, 0.25) is 0 Å². The van der Waals surface area contributed by atoms with Crippen LogP contribution >= 0.6 is 17.0 Å². The Kier molecular flexibility index (Phi) is 4.37. The van der Waals surface area contributed by atoms with E-state index in [1.54, 1.807) is 6.08 Å². The number of aliphatic carboxylic acids is 1. The summed E-state index contributed by atoms with van der Waals surface area (Å²) in [6, 6.07) is 0. The lowest BCUT2D eigenvalue weighted by molar-refractivity contribution is -0.132. The standard InChI is InChI=1S/C7H11NO2.BrH/c1-5-2-6(7(9)10)4-8-3-5;/h2,5,8H,3-4H2,1H3,(H,9,10);1H. The highest BCUT2D eigenvalue weighted by Crippen LogP contribution is 2.06. The lowest BCUT2D eigenvalue weighted by atomic mass is 10.0. The largest absolute Gasteiger partial charge is 0.478 e. The van der Waals surface area contributed by atoms with Gasteiger partial charge in [0.15, 0.2) is 0 Å². The van der Waals surface area contributed by atoms with E-state index < -0.39 is 5.97 Å². The van der Waals surface area contributed by atoms with Crippen LogP contribution in [0.4, 0.5) is 0 Å². The van der Waals surface area contributed by atoms with E-state index in [0.717, 1.165) is 6.54 Å². The summed E-state index contributed by atoms with van der Waals surface area (Å²) in [7, 11) is 0. The number of nitrogens with one attached hydrogen (secondary N) is 1. The molecule has 1 atom stereocenters. The average molecular weight is 222 g/mol. The molecule has 0 aromatic rings. The Morgan fingerprint density at radius 2 is 2.45 bits per heavy atom. The molecule has 1 heterocycles. The highest BCUT2D eigenvalue weighted by Gasteiger charge is 2.13. The first kappa shape index (κ1) is 10.7. The summed E-state index contributed by atoms with van der Waals surface area (Å²) in [6.45, 7) is 3.38. The molecule has 1 aliphatic rings. The van der Waals surface area contributed by atoms with Crippen molar-refractivity contribution in [3.8, 4) is 0 Å². The van der Waals surface area contributed by atoms with Gasteiger partial charge in [-0.2, -0.15) is 0 Å². The summed E-state index contributed by atoms with van der Waals surface area (Å²) in [5.74, 6) is -0.459. The van der Waals surface area contributed by atoms with Crippen LogP contribution in [0.15, 0.2) is 11.6 Å². The zero-order chi connectivity index (χ0) is 7.56. The van der Waals surface area contributed by atoms with E-state index in [1.807, 2.05) is 6.92 Å². The number of carboxylic acids is 1. The second-order valence-corrected chi connectivity index (χ2v) is 2.61. The van der Waals surface area contributed by atoms with Crippen molar-refractivity contribution in [2.75, 3.05) is 13.1 Å². The topological polar surface area (TPSA) is 49.3 Å². The summed E-state index contributed by atoms with van der Waals surface area (Å²) in [4.78, 5) is 10.4. The molecular weight excluding hydrogens is 210 g/mol. The van der Waals surface area contributed by atoms with Crippen molar-refractivity contribution in [1.82, 2.24) is 5.32 Å². The molecule has 0 aromatic heterocycles. The van der Waals surface area contributed by atoms with E-state index >= 15 is 0 Å². The Labute approximate surface area is 76.3 Å². The summed E-state index contributed by atoms with van der Waals surface area (Å²) >= 11 is 0. The molecule has 4 heteroatoms. The Hall–Kier alpha value is -0.350. The van der Waals surface area contributed by atoms with E-state index in [-0.39, 0.29) is 17.0 Å². The van der Waals surface area contributed by atoms with Crippen LogP contribution in [-0.2, 0) is 4.79 Å². The minimum Gasteiger partial charge on any atom is -0.478 e. The van der Waals surface area contributed by atoms with Gasteiger partial charge >= 0.3 is 5.97 Å². The highest BCUT2D eigenvalue weighted by atomic mass is 79.9. The molecule has 0 aromatic carbocycles. The third-order valence-electron chi connectivity index (χ3n) is 1.54. The maximum absolute atomic E-state index is 10.4. The average Bonchev–Trinajstić information content (AvgIpc) is 1.88. The van der Waals surface area contributed by atoms with Crippen molar-refractivity contribution in [3.05, 3.63) is 11.6 Å². The Balaban J connectivity index is 0.000001000. The molecule has 0 fully saturated rings. The highest BCUT2D eigenvalue weighted by molar-refractivity contribution is 8.93. The van der Waals surface area contributed by atoms with Crippen LogP contribution in [0, 0.1) is 5.92 Å². The molecule has 11 heavy (non-hydrogen) atoms. The second kappa shape index (κ2) is 4.51. The van der Waals surface area contributed by atoms with Crippen LogP contribution in [0.2, 0.25) is 0 Å². The first-order chi connectivity index (χ1) is 4.70. The van der Waals surface area contributed by atoms with Crippen LogP contribution in [0.25, 0.3) is 0 Å². The van der Waals surface area contributed by atoms with E-state index in [4.69, 9.17) is 5.11 Å². The number of carbonyl (C=O) groups is 1. The third-order valence-corrected chi connectivity index (χ3v) is 1.54. The van der Waals surface area contributed by atoms with E-state index in [2.05, 4.69) is 5.32 Å². The predicted octanol–water partition coefficient (Wildman–Crippen LogP) is 0.815. The number of hydrogen-bond acceptors (Lipinski definition) is 2. The molecule has 0 amide bonds. The minimum absolute atomic E-state index is 0. The number of rotatable bonds is 1. The van der Waals surface area contributed by atoms with Crippen molar-refractivity contribution in [3.63, 3.8) is 0 Å². The van der Waals surface area contributed by atoms with Gasteiger partial charge in [-0.25, -0.2) is 4.79 Å². The zero-order valence-electron chi connectivity index (χ0n) is 6.33. The van der Waals surface area contributed by atoms with Crippen LogP contribution < -0.4 is 5.32 Å². The number of carboxylic acid groups (broad SMARTS) is 1. The first-order valence-corrected chi connectivity index (χ1v) is 3.35. The van der Waals surface area contributed by atoms with Gasteiger partial charge in [0.1, 0.15) is 0 Å². The molecular formula is C7H12BrNO2. The SMILES string of the molecule is Br.CC1C=C(C(=O)O)CNC1. The van der Waals surface area contributed by atoms with Crippen LogP contribution in [0.1, 0.15) is 6.92 Å². The van der Waals surface area contributed by atoms with E-state index in [0.29, 0.717) is 18.0 Å². The van der Waals surface area contributed by atoms with Crippen molar-refractivity contribution in [2.45, 2.75) is 6.92 Å². The minimum atomic E-state index is -0.806. The molecule has 1 aliphatic heterocycles. The predicted molar refractivity (Wildman–Crippen MR) is 48.1 cm³/mol. The van der Waals surface area contributed by atoms with Crippen molar-refractivity contribution >= 4 is 23.0 Å². The summed E-state index contributed by atoms with van der Waals surface area (Å²) in [5, 5.41) is 11.6. The molecule has 64 valence electrons. The number of halogens is 1. The maximum atomic E-state index is 10.4. The maximum Gasteiger partial charge on any atom is 0.332 e. The molecule has 0 saturated heterocycles. The normalized spacial score (nSPS) is 23.4. The lowest BCUT2D eigenvalue weighted by Gasteiger charge is -2.15. The molecule has 1 rings (SSSR count). The summed E-state index contributed by atoms with van der Waals surface area (Å²) < 4.78 is 0. The fourth-order valence-electron chi connectivity index (χ4n) is 1.04. The molecule has 1 unspecified atom stereocenters. The number of hydrogen-bond donors (Lipinski definition) is 2. The zero-order valence-corrected chi connectivity index (χ0v) is 8.05. The third kappa shape index (κ3) is 3.03. The molecule has 0 bridgehead atoms. The fraction of sp³-hybridized carbons (Fsp3) is 0.571. The van der Waals surface area contributed by atoms with Gasteiger partial charge in [0.25, 0.3) is 0 Å². The first-order valence-electron chi connectivity index (χ1n) is 3.35. The Bertz CT molecular complexity index is 179. The Morgan fingerprint density at radius 1 is 1.82 bits per heavy atom. The van der Waals surface area contributed by atoms with Crippen molar-refractivity contribution < 1.29 is 9.90 Å². The van der Waals surface area contributed by atoms with E-state index in [1.165, 1.54) is 0 Å². The fourth-order valence-corrected chi connectivity index (χ4v) is 1.04. The second-order valence-electron chi connectivity index (χ2n) is 2.61. The van der Waals surface area contributed by atoms with Gasteiger partial charge in [0, 0.05) is 18.7 Å². The van der Waals surface area contributed by atoms with Crippen LogP contribution in [0.3, 0.4) is 0 Å². The van der Waals surface area contributed by atoms with Gasteiger partial charge in [-0.05, 0) is 5.92 Å².